The lowest BCUT2D eigenvalue weighted by atomic mass is 9.96. The summed E-state index contributed by atoms with van der Waals surface area (Å²) >= 11 is 0. The molecular weight excluding hydrogens is 381 g/mol. The molecule has 6 nitrogen and oxygen atoms in total. The minimum atomic E-state index is -3.66. The van der Waals surface area contributed by atoms with E-state index < -0.39 is 15.8 Å². The van der Waals surface area contributed by atoms with Crippen LogP contribution in [0.1, 0.15) is 57.8 Å². The van der Waals surface area contributed by atoms with Crippen molar-refractivity contribution in [2.45, 2.75) is 74.8 Å². The van der Waals surface area contributed by atoms with Gasteiger partial charge in [0.2, 0.25) is 10.0 Å². The Hall–Kier alpha value is -1.67. The number of hydrogen-bond acceptors (Lipinski definition) is 3. The fourth-order valence-electron chi connectivity index (χ4n) is 4.16. The van der Waals surface area contributed by atoms with Crippen molar-refractivity contribution in [1.29, 1.82) is 0 Å². The minimum Gasteiger partial charge on any atom is -0.338 e. The summed E-state index contributed by atoms with van der Waals surface area (Å²) in [6.45, 7) is 0.886. The molecule has 1 aliphatic heterocycles. The van der Waals surface area contributed by atoms with Crippen molar-refractivity contribution < 1.29 is 17.6 Å². The smallest absolute Gasteiger partial charge is 0.315 e. The summed E-state index contributed by atoms with van der Waals surface area (Å²) in [4.78, 5) is 12.2. The topological polar surface area (TPSA) is 78.5 Å². The predicted octanol–water partition coefficient (Wildman–Crippen LogP) is 3.39. The molecule has 156 valence electrons. The highest BCUT2D eigenvalue weighted by molar-refractivity contribution is 7.89. The monoisotopic (exact) mass is 411 g/mol. The van der Waals surface area contributed by atoms with Crippen molar-refractivity contribution in [2.24, 2.45) is 0 Å². The van der Waals surface area contributed by atoms with Gasteiger partial charge in [-0.3, -0.25) is 0 Å². The Bertz CT molecular complexity index is 748. The van der Waals surface area contributed by atoms with E-state index in [9.17, 15) is 17.6 Å². The molecule has 1 aromatic rings. The van der Waals surface area contributed by atoms with E-state index in [1.807, 2.05) is 0 Å². The molecule has 0 spiro atoms. The highest BCUT2D eigenvalue weighted by atomic mass is 32.2. The Kier molecular flexibility index (Phi) is 7.29. The lowest BCUT2D eigenvalue weighted by molar-refractivity contribution is 0.224. The number of benzene rings is 1. The molecule has 1 heterocycles. The fraction of sp³-hybridized carbons (Fsp3) is 0.650. The summed E-state index contributed by atoms with van der Waals surface area (Å²) < 4.78 is 40.6. The maximum Gasteiger partial charge on any atom is 0.315 e. The SMILES string of the molecule is O=C(NCC[C@@H]1CCCCN1S(=O)(=O)c1ccc(F)cc1)NC1CCCCC1. The van der Waals surface area contributed by atoms with Crippen molar-refractivity contribution in [3.05, 3.63) is 30.1 Å². The van der Waals surface area contributed by atoms with E-state index in [2.05, 4.69) is 10.6 Å². The molecule has 2 aliphatic rings. The van der Waals surface area contributed by atoms with E-state index in [4.69, 9.17) is 0 Å². The molecule has 3 rings (SSSR count). The standard InChI is InChI=1S/C20H30FN3O3S/c21-16-9-11-19(12-10-16)28(26,27)24-15-5-4-8-18(24)13-14-22-20(25)23-17-6-2-1-3-7-17/h9-12,17-18H,1-8,13-15H2,(H2,22,23,25)/t18-/m0/s1. The van der Waals surface area contributed by atoms with Crippen molar-refractivity contribution in [2.75, 3.05) is 13.1 Å². The van der Waals surface area contributed by atoms with E-state index in [0.717, 1.165) is 44.9 Å². The number of sulfonamides is 1. The minimum absolute atomic E-state index is 0.115. The maximum absolute atomic E-state index is 13.1. The predicted molar refractivity (Wildman–Crippen MR) is 106 cm³/mol. The zero-order valence-corrected chi connectivity index (χ0v) is 17.0. The Morgan fingerprint density at radius 1 is 1.04 bits per heavy atom. The van der Waals surface area contributed by atoms with Crippen LogP contribution < -0.4 is 10.6 Å². The number of urea groups is 1. The van der Waals surface area contributed by atoms with E-state index in [1.54, 1.807) is 0 Å². The molecule has 2 fully saturated rings. The molecule has 28 heavy (non-hydrogen) atoms. The number of rotatable bonds is 6. The summed E-state index contributed by atoms with van der Waals surface area (Å²) in [5.41, 5.74) is 0. The number of piperidine rings is 1. The molecule has 1 aliphatic carbocycles. The van der Waals surface area contributed by atoms with Gasteiger partial charge in [-0.25, -0.2) is 17.6 Å². The van der Waals surface area contributed by atoms with Crippen molar-refractivity contribution >= 4 is 16.1 Å². The number of amides is 2. The first-order valence-corrected chi connectivity index (χ1v) is 11.7. The highest BCUT2D eigenvalue weighted by Crippen LogP contribution is 2.27. The van der Waals surface area contributed by atoms with Crippen molar-refractivity contribution in [3.8, 4) is 0 Å². The third-order valence-electron chi connectivity index (χ3n) is 5.70. The van der Waals surface area contributed by atoms with Crippen molar-refractivity contribution in [1.82, 2.24) is 14.9 Å². The van der Waals surface area contributed by atoms with Crippen LogP contribution in [-0.4, -0.2) is 43.9 Å². The van der Waals surface area contributed by atoms with E-state index in [-0.39, 0.29) is 23.0 Å². The van der Waals surface area contributed by atoms with Crippen LogP contribution in [0.2, 0.25) is 0 Å². The van der Waals surface area contributed by atoms with Gasteiger partial charge in [-0.15, -0.1) is 0 Å². The Morgan fingerprint density at radius 2 is 1.71 bits per heavy atom. The second-order valence-corrected chi connectivity index (χ2v) is 9.63. The summed E-state index contributed by atoms with van der Waals surface area (Å²) in [6, 6.07) is 4.89. The molecule has 0 radical (unpaired) electrons. The molecule has 1 saturated heterocycles. The molecule has 2 amide bonds. The number of carbonyl (C=O) groups excluding carboxylic acids is 1. The lowest BCUT2D eigenvalue weighted by Crippen LogP contribution is -2.47. The molecular formula is C20H30FN3O3S. The van der Waals surface area contributed by atoms with E-state index in [1.165, 1.54) is 35.0 Å². The fourth-order valence-corrected chi connectivity index (χ4v) is 5.88. The average Bonchev–Trinajstić information content (AvgIpc) is 2.69. The molecule has 1 saturated carbocycles. The molecule has 1 aromatic carbocycles. The van der Waals surface area contributed by atoms with Crippen LogP contribution in [-0.2, 0) is 10.0 Å². The van der Waals surface area contributed by atoms with Gasteiger partial charge in [0.15, 0.2) is 0 Å². The lowest BCUT2D eigenvalue weighted by Gasteiger charge is -2.34. The Morgan fingerprint density at radius 3 is 2.43 bits per heavy atom. The van der Waals surface area contributed by atoms with Crippen LogP contribution in [0.25, 0.3) is 0 Å². The van der Waals surface area contributed by atoms with Gasteiger partial charge >= 0.3 is 6.03 Å². The van der Waals surface area contributed by atoms with Crippen LogP contribution >= 0.6 is 0 Å². The highest BCUT2D eigenvalue weighted by Gasteiger charge is 2.33. The molecule has 0 bridgehead atoms. The largest absolute Gasteiger partial charge is 0.338 e. The molecule has 2 N–H and O–H groups in total. The van der Waals surface area contributed by atoms with E-state index >= 15 is 0 Å². The first-order chi connectivity index (χ1) is 13.5. The number of nitrogens with one attached hydrogen (secondary N) is 2. The third kappa shape index (κ3) is 5.44. The van der Waals surface area contributed by atoms with Gasteiger partial charge in [0.1, 0.15) is 5.82 Å². The summed E-state index contributed by atoms with van der Waals surface area (Å²) in [5.74, 6) is -0.456. The van der Waals surface area contributed by atoms with Crippen LogP contribution in [0.15, 0.2) is 29.2 Å². The second-order valence-electron chi connectivity index (χ2n) is 7.74. The average molecular weight is 412 g/mol. The summed E-state index contributed by atoms with van der Waals surface area (Å²) in [6.07, 6.45) is 8.72. The van der Waals surface area contributed by atoms with Crippen LogP contribution in [0.4, 0.5) is 9.18 Å². The van der Waals surface area contributed by atoms with Gasteiger partial charge < -0.3 is 10.6 Å². The summed E-state index contributed by atoms with van der Waals surface area (Å²) in [5, 5.41) is 5.89. The molecule has 1 atom stereocenters. The quantitative estimate of drug-likeness (QED) is 0.753. The first-order valence-electron chi connectivity index (χ1n) is 10.3. The molecule has 0 unspecified atom stereocenters. The van der Waals surface area contributed by atoms with E-state index in [0.29, 0.717) is 19.5 Å². The van der Waals surface area contributed by atoms with Gasteiger partial charge in [0, 0.05) is 25.2 Å². The summed E-state index contributed by atoms with van der Waals surface area (Å²) in [7, 11) is -3.66. The Balaban J connectivity index is 1.54. The zero-order valence-electron chi connectivity index (χ0n) is 16.2. The first kappa shape index (κ1) is 21.0. The van der Waals surface area contributed by atoms with Gasteiger partial charge in [0.25, 0.3) is 0 Å². The number of halogens is 1. The Labute approximate surface area is 166 Å². The zero-order chi connectivity index (χ0) is 20.0. The second kappa shape index (κ2) is 9.69. The normalized spacial score (nSPS) is 22.0. The van der Waals surface area contributed by atoms with Gasteiger partial charge in [-0.2, -0.15) is 4.31 Å². The van der Waals surface area contributed by atoms with Gasteiger partial charge in [-0.05, 0) is 56.4 Å². The van der Waals surface area contributed by atoms with Crippen molar-refractivity contribution in [3.63, 3.8) is 0 Å². The van der Waals surface area contributed by atoms with Crippen LogP contribution in [0.3, 0.4) is 0 Å². The molecule has 0 aromatic heterocycles. The number of hydrogen-bond donors (Lipinski definition) is 2. The molecule has 8 heteroatoms. The number of carbonyl (C=O) groups is 1. The third-order valence-corrected chi connectivity index (χ3v) is 7.66. The maximum atomic E-state index is 13.1. The van der Waals surface area contributed by atoms with Crippen LogP contribution in [0.5, 0.6) is 0 Å². The van der Waals surface area contributed by atoms with Gasteiger partial charge in [0.05, 0.1) is 4.90 Å². The van der Waals surface area contributed by atoms with Gasteiger partial charge in [-0.1, -0.05) is 25.7 Å². The van der Waals surface area contributed by atoms with Crippen LogP contribution in [0, 0.1) is 5.82 Å². The number of nitrogens with zero attached hydrogens (tertiary/aromatic N) is 1.